The van der Waals surface area contributed by atoms with Crippen LogP contribution in [0.2, 0.25) is 0 Å². The normalized spacial score (nSPS) is 16.0. The predicted molar refractivity (Wildman–Crippen MR) is 132 cm³/mol. The van der Waals surface area contributed by atoms with Gasteiger partial charge in [0.15, 0.2) is 0 Å². The highest BCUT2D eigenvalue weighted by atomic mass is 16.5. The maximum atomic E-state index is 13.0. The Kier molecular flexibility index (Phi) is 6.11. The molecule has 5 heteroatoms. The summed E-state index contributed by atoms with van der Waals surface area (Å²) in [6, 6.07) is 26.7. The number of hydrogen-bond acceptors (Lipinski definition) is 3. The zero-order valence-corrected chi connectivity index (χ0v) is 19.0. The van der Waals surface area contributed by atoms with Gasteiger partial charge in [0.2, 0.25) is 5.91 Å². The summed E-state index contributed by atoms with van der Waals surface area (Å²) in [5, 5.41) is 0. The molecular weight excluding hydrogens is 410 g/mol. The molecule has 0 radical (unpaired) electrons. The molecule has 1 fully saturated rings. The van der Waals surface area contributed by atoms with Gasteiger partial charge < -0.3 is 14.2 Å². The third-order valence-corrected chi connectivity index (χ3v) is 6.32. The van der Waals surface area contributed by atoms with E-state index in [1.54, 1.807) is 0 Å². The Morgan fingerprint density at radius 1 is 0.970 bits per heavy atom. The van der Waals surface area contributed by atoms with Gasteiger partial charge in [-0.3, -0.25) is 4.79 Å². The van der Waals surface area contributed by atoms with E-state index in [0.29, 0.717) is 19.6 Å². The van der Waals surface area contributed by atoms with Crippen LogP contribution in [0.3, 0.4) is 0 Å². The van der Waals surface area contributed by atoms with Gasteiger partial charge in [-0.15, -0.1) is 0 Å². The summed E-state index contributed by atoms with van der Waals surface area (Å²) >= 11 is 0. The van der Waals surface area contributed by atoms with Crippen LogP contribution in [0.25, 0.3) is 11.0 Å². The molecule has 4 aromatic rings. The van der Waals surface area contributed by atoms with Crippen molar-refractivity contribution in [1.29, 1.82) is 0 Å². The van der Waals surface area contributed by atoms with Gasteiger partial charge >= 0.3 is 0 Å². The molecule has 1 aliphatic heterocycles. The maximum absolute atomic E-state index is 13.0. The highest BCUT2D eigenvalue weighted by molar-refractivity contribution is 5.96. The Morgan fingerprint density at radius 2 is 1.73 bits per heavy atom. The SMILES string of the molecule is CCOc1ccc(N2CC(c3nc4ccccc4n3CCCc3ccccc3)CC2=O)cc1. The van der Waals surface area contributed by atoms with Crippen LogP contribution in [-0.2, 0) is 17.8 Å². The van der Waals surface area contributed by atoms with E-state index in [2.05, 4.69) is 53.1 Å². The Hall–Kier alpha value is -3.60. The fourth-order valence-electron chi connectivity index (χ4n) is 4.75. The molecule has 0 N–H and O–H groups in total. The van der Waals surface area contributed by atoms with Gasteiger partial charge in [0.05, 0.1) is 17.6 Å². The van der Waals surface area contributed by atoms with E-state index >= 15 is 0 Å². The highest BCUT2D eigenvalue weighted by Gasteiger charge is 2.34. The van der Waals surface area contributed by atoms with Crippen molar-refractivity contribution in [3.8, 4) is 5.75 Å². The quantitative estimate of drug-likeness (QED) is 0.360. The number of nitrogens with zero attached hydrogens (tertiary/aromatic N) is 3. The first-order valence-electron chi connectivity index (χ1n) is 11.7. The fraction of sp³-hybridized carbons (Fsp3) is 0.286. The second-order valence-electron chi connectivity index (χ2n) is 8.53. The lowest BCUT2D eigenvalue weighted by Gasteiger charge is -2.18. The van der Waals surface area contributed by atoms with Crippen LogP contribution in [0.5, 0.6) is 5.75 Å². The third kappa shape index (κ3) is 4.49. The zero-order valence-electron chi connectivity index (χ0n) is 19.0. The van der Waals surface area contributed by atoms with Gasteiger partial charge in [0.1, 0.15) is 11.6 Å². The number of anilines is 1. The summed E-state index contributed by atoms with van der Waals surface area (Å²) in [5.74, 6) is 2.07. The first kappa shape index (κ1) is 21.3. The van der Waals surface area contributed by atoms with Gasteiger partial charge in [-0.2, -0.15) is 0 Å². The highest BCUT2D eigenvalue weighted by Crippen LogP contribution is 2.34. The zero-order chi connectivity index (χ0) is 22.6. The molecule has 5 nitrogen and oxygen atoms in total. The maximum Gasteiger partial charge on any atom is 0.227 e. The minimum Gasteiger partial charge on any atom is -0.494 e. The van der Waals surface area contributed by atoms with E-state index < -0.39 is 0 Å². The van der Waals surface area contributed by atoms with E-state index in [4.69, 9.17) is 9.72 Å². The second kappa shape index (κ2) is 9.49. The van der Waals surface area contributed by atoms with Crippen molar-refractivity contribution in [2.75, 3.05) is 18.1 Å². The van der Waals surface area contributed by atoms with E-state index in [-0.39, 0.29) is 11.8 Å². The first-order valence-corrected chi connectivity index (χ1v) is 11.7. The number of aryl methyl sites for hydroxylation is 2. The number of para-hydroxylation sites is 2. The van der Waals surface area contributed by atoms with Crippen molar-refractivity contribution in [1.82, 2.24) is 9.55 Å². The number of benzene rings is 3. The van der Waals surface area contributed by atoms with E-state index in [1.165, 1.54) is 5.56 Å². The number of rotatable bonds is 8. The van der Waals surface area contributed by atoms with E-state index in [9.17, 15) is 4.79 Å². The van der Waals surface area contributed by atoms with Crippen LogP contribution in [0.1, 0.15) is 37.1 Å². The summed E-state index contributed by atoms with van der Waals surface area (Å²) in [7, 11) is 0. The molecule has 1 aromatic heterocycles. The van der Waals surface area contributed by atoms with Gasteiger partial charge in [-0.1, -0.05) is 42.5 Å². The molecule has 33 heavy (non-hydrogen) atoms. The molecule has 1 unspecified atom stereocenters. The summed E-state index contributed by atoms with van der Waals surface area (Å²) in [6.45, 7) is 4.13. The van der Waals surface area contributed by atoms with Gasteiger partial charge in [0.25, 0.3) is 0 Å². The number of ether oxygens (including phenoxy) is 1. The molecule has 5 rings (SSSR count). The summed E-state index contributed by atoms with van der Waals surface area (Å²) < 4.78 is 7.87. The number of carbonyl (C=O) groups is 1. The molecule has 0 saturated carbocycles. The lowest BCUT2D eigenvalue weighted by Crippen LogP contribution is -2.24. The van der Waals surface area contributed by atoms with Crippen molar-refractivity contribution in [3.63, 3.8) is 0 Å². The van der Waals surface area contributed by atoms with Crippen molar-refractivity contribution < 1.29 is 9.53 Å². The molecule has 0 aliphatic carbocycles. The number of aromatic nitrogens is 2. The smallest absolute Gasteiger partial charge is 0.227 e. The number of fused-ring (bicyclic) bond motifs is 1. The predicted octanol–water partition coefficient (Wildman–Crippen LogP) is 5.59. The molecule has 0 spiro atoms. The van der Waals surface area contributed by atoms with Crippen LogP contribution in [0.4, 0.5) is 5.69 Å². The molecule has 1 saturated heterocycles. The van der Waals surface area contributed by atoms with Gasteiger partial charge in [0, 0.05) is 31.1 Å². The minimum absolute atomic E-state index is 0.0770. The number of carbonyl (C=O) groups excluding carboxylic acids is 1. The molecule has 1 aliphatic rings. The van der Waals surface area contributed by atoms with Crippen LogP contribution in [-0.4, -0.2) is 28.6 Å². The Morgan fingerprint density at radius 3 is 2.52 bits per heavy atom. The average molecular weight is 440 g/mol. The molecule has 2 heterocycles. The Bertz CT molecular complexity index is 1230. The molecular formula is C28H29N3O2. The van der Waals surface area contributed by atoms with Crippen LogP contribution < -0.4 is 9.64 Å². The molecule has 1 atom stereocenters. The van der Waals surface area contributed by atoms with Gasteiger partial charge in [-0.25, -0.2) is 4.98 Å². The molecule has 0 bridgehead atoms. The number of imidazole rings is 1. The van der Waals surface area contributed by atoms with Crippen LogP contribution in [0.15, 0.2) is 78.9 Å². The number of amides is 1. The molecule has 3 aromatic carbocycles. The fourth-order valence-corrected chi connectivity index (χ4v) is 4.75. The second-order valence-corrected chi connectivity index (χ2v) is 8.53. The standard InChI is InChI=1S/C28H29N3O2/c1-2-33-24-16-14-23(15-17-24)31-20-22(19-27(31)32)28-29-25-12-6-7-13-26(25)30(28)18-8-11-21-9-4-3-5-10-21/h3-7,9-10,12-17,22H,2,8,11,18-20H2,1H3. The largest absolute Gasteiger partial charge is 0.494 e. The lowest BCUT2D eigenvalue weighted by atomic mass is 10.1. The monoisotopic (exact) mass is 439 g/mol. The van der Waals surface area contributed by atoms with Crippen molar-refractivity contribution >= 4 is 22.6 Å². The molecule has 1 amide bonds. The van der Waals surface area contributed by atoms with Crippen LogP contribution >= 0.6 is 0 Å². The van der Waals surface area contributed by atoms with Crippen molar-refractivity contribution in [2.24, 2.45) is 0 Å². The Balaban J connectivity index is 1.37. The summed E-state index contributed by atoms with van der Waals surface area (Å²) in [4.78, 5) is 19.8. The lowest BCUT2D eigenvalue weighted by molar-refractivity contribution is -0.117. The average Bonchev–Trinajstić information content (AvgIpc) is 3.41. The third-order valence-electron chi connectivity index (χ3n) is 6.32. The van der Waals surface area contributed by atoms with Crippen molar-refractivity contribution in [3.05, 3.63) is 90.3 Å². The van der Waals surface area contributed by atoms with Crippen LogP contribution in [0, 0.1) is 0 Å². The molecule has 168 valence electrons. The van der Waals surface area contributed by atoms with E-state index in [0.717, 1.165) is 47.7 Å². The number of hydrogen-bond donors (Lipinski definition) is 0. The van der Waals surface area contributed by atoms with E-state index in [1.807, 2.05) is 42.2 Å². The summed E-state index contributed by atoms with van der Waals surface area (Å²) in [5.41, 5.74) is 4.41. The van der Waals surface area contributed by atoms with Crippen molar-refractivity contribution in [2.45, 2.75) is 38.6 Å². The topological polar surface area (TPSA) is 47.4 Å². The first-order chi connectivity index (χ1) is 16.2. The minimum atomic E-state index is 0.0770. The summed E-state index contributed by atoms with van der Waals surface area (Å²) in [6.07, 6.45) is 2.53. The Labute approximate surface area is 194 Å². The van der Waals surface area contributed by atoms with Gasteiger partial charge in [-0.05, 0) is 61.7 Å².